The normalized spacial score (nSPS) is 28.2. The monoisotopic (exact) mass is 270 g/mol. The average molecular weight is 270 g/mol. The maximum absolute atomic E-state index is 6.50. The molecule has 3 heteroatoms. The lowest BCUT2D eigenvalue weighted by Gasteiger charge is -2.40. The van der Waals surface area contributed by atoms with Gasteiger partial charge in [0, 0.05) is 18.8 Å². The molecule has 2 unspecified atom stereocenters. The maximum atomic E-state index is 6.50. The van der Waals surface area contributed by atoms with Crippen molar-refractivity contribution in [2.45, 2.75) is 82.9 Å². The summed E-state index contributed by atoms with van der Waals surface area (Å²) in [6, 6.07) is 0. The van der Waals surface area contributed by atoms with E-state index in [1.54, 1.807) is 0 Å². The largest absolute Gasteiger partial charge is 0.398 e. The summed E-state index contributed by atoms with van der Waals surface area (Å²) in [5.41, 5.74) is 0.715. The number of hydrogen-bond acceptors (Lipinski definition) is 2. The fraction of sp³-hybridized carbons (Fsp3) is 1.00. The van der Waals surface area contributed by atoms with Gasteiger partial charge < -0.3 is 8.85 Å². The molecular formula is C15H30O2Si. The van der Waals surface area contributed by atoms with Crippen LogP contribution in [0.25, 0.3) is 0 Å². The molecule has 18 heavy (non-hydrogen) atoms. The van der Waals surface area contributed by atoms with E-state index in [9.17, 15) is 0 Å². The third-order valence-electron chi connectivity index (χ3n) is 5.24. The van der Waals surface area contributed by atoms with Crippen LogP contribution < -0.4 is 0 Å². The first-order chi connectivity index (χ1) is 8.65. The molecule has 0 radical (unpaired) electrons. The summed E-state index contributed by atoms with van der Waals surface area (Å²) in [5.74, 6) is 0.803. The summed E-state index contributed by atoms with van der Waals surface area (Å²) in [6.45, 7) is 4.57. The molecule has 2 fully saturated rings. The van der Waals surface area contributed by atoms with Crippen LogP contribution in [0.4, 0.5) is 0 Å². The molecule has 2 atom stereocenters. The Hall–Kier alpha value is 0.137. The van der Waals surface area contributed by atoms with Crippen molar-refractivity contribution in [3.8, 4) is 0 Å². The molecule has 0 aliphatic heterocycles. The lowest BCUT2D eigenvalue weighted by atomic mass is 9.82. The van der Waals surface area contributed by atoms with Gasteiger partial charge in [0.05, 0.1) is 0 Å². The van der Waals surface area contributed by atoms with Crippen LogP contribution in [0.5, 0.6) is 0 Å². The van der Waals surface area contributed by atoms with Crippen molar-refractivity contribution in [1.82, 2.24) is 0 Å². The minimum Gasteiger partial charge on any atom is -0.398 e. The SMILES string of the molecule is CO[Si](C)(OC(C)C1CCC1)C1CCCCCC1. The average Bonchev–Trinajstić information content (AvgIpc) is 2.55. The summed E-state index contributed by atoms with van der Waals surface area (Å²) >= 11 is 0. The van der Waals surface area contributed by atoms with Crippen LogP contribution in [-0.4, -0.2) is 21.8 Å². The van der Waals surface area contributed by atoms with Gasteiger partial charge in [-0.25, -0.2) is 0 Å². The Balaban J connectivity index is 1.93. The van der Waals surface area contributed by atoms with Gasteiger partial charge >= 0.3 is 8.56 Å². The third kappa shape index (κ3) is 3.37. The van der Waals surface area contributed by atoms with Gasteiger partial charge in [0.2, 0.25) is 0 Å². The predicted octanol–water partition coefficient (Wildman–Crippen LogP) is 4.63. The van der Waals surface area contributed by atoms with Crippen LogP contribution in [0.15, 0.2) is 0 Å². The lowest BCUT2D eigenvalue weighted by Crippen LogP contribution is -2.47. The second-order valence-electron chi connectivity index (χ2n) is 6.42. The number of hydrogen-bond donors (Lipinski definition) is 0. The highest BCUT2D eigenvalue weighted by atomic mass is 28.4. The highest BCUT2D eigenvalue weighted by molar-refractivity contribution is 6.67. The van der Waals surface area contributed by atoms with E-state index in [1.165, 1.54) is 57.8 Å². The standard InChI is InChI=1S/C15H30O2Si/c1-13(14-9-8-10-14)17-18(3,16-2)15-11-6-4-5-7-12-15/h13-15H,4-12H2,1-3H3. The summed E-state index contributed by atoms with van der Waals surface area (Å²) in [7, 11) is -0.0834. The molecule has 0 amide bonds. The van der Waals surface area contributed by atoms with E-state index in [4.69, 9.17) is 8.85 Å². The van der Waals surface area contributed by atoms with Crippen LogP contribution in [-0.2, 0) is 8.85 Å². The van der Waals surface area contributed by atoms with Crippen LogP contribution in [0.1, 0.15) is 64.7 Å². The molecule has 0 aromatic carbocycles. The Morgan fingerprint density at radius 3 is 2.00 bits per heavy atom. The first-order valence-corrected chi connectivity index (χ1v) is 10.3. The molecule has 2 nitrogen and oxygen atoms in total. The Morgan fingerprint density at radius 1 is 0.944 bits per heavy atom. The molecular weight excluding hydrogens is 240 g/mol. The second-order valence-corrected chi connectivity index (χ2v) is 9.91. The predicted molar refractivity (Wildman–Crippen MR) is 78.0 cm³/mol. The maximum Gasteiger partial charge on any atom is 0.338 e. The van der Waals surface area contributed by atoms with Gasteiger partial charge in [0.15, 0.2) is 0 Å². The molecule has 0 heterocycles. The topological polar surface area (TPSA) is 18.5 Å². The fourth-order valence-electron chi connectivity index (χ4n) is 3.49. The minimum absolute atomic E-state index is 0.415. The Bertz CT molecular complexity index is 247. The molecule has 0 saturated heterocycles. The quantitative estimate of drug-likeness (QED) is 0.535. The van der Waals surface area contributed by atoms with Crippen LogP contribution in [0.2, 0.25) is 12.1 Å². The van der Waals surface area contributed by atoms with Gasteiger partial charge in [-0.2, -0.15) is 0 Å². The summed E-state index contributed by atoms with van der Waals surface area (Å²) in [4.78, 5) is 0. The van der Waals surface area contributed by atoms with E-state index in [1.807, 2.05) is 7.11 Å². The van der Waals surface area contributed by atoms with Crippen LogP contribution in [0, 0.1) is 5.92 Å². The van der Waals surface area contributed by atoms with Gasteiger partial charge in [-0.3, -0.25) is 0 Å². The summed E-state index contributed by atoms with van der Waals surface area (Å²) in [6.07, 6.45) is 12.7. The van der Waals surface area contributed by atoms with Gasteiger partial charge in [0.25, 0.3) is 0 Å². The van der Waals surface area contributed by atoms with Crippen molar-refractivity contribution in [2.75, 3.05) is 7.11 Å². The molecule has 2 aliphatic rings. The van der Waals surface area contributed by atoms with Crippen molar-refractivity contribution in [3.05, 3.63) is 0 Å². The minimum atomic E-state index is -1.96. The zero-order valence-electron chi connectivity index (χ0n) is 12.4. The highest BCUT2D eigenvalue weighted by Crippen LogP contribution is 2.40. The molecule has 0 aromatic rings. The molecule has 0 aromatic heterocycles. The van der Waals surface area contributed by atoms with Crippen molar-refractivity contribution < 1.29 is 8.85 Å². The van der Waals surface area contributed by atoms with Gasteiger partial charge in [-0.1, -0.05) is 32.1 Å². The van der Waals surface area contributed by atoms with E-state index in [0.717, 1.165) is 5.92 Å². The van der Waals surface area contributed by atoms with E-state index in [0.29, 0.717) is 11.6 Å². The molecule has 2 rings (SSSR count). The van der Waals surface area contributed by atoms with Gasteiger partial charge in [0.1, 0.15) is 0 Å². The van der Waals surface area contributed by atoms with Crippen molar-refractivity contribution >= 4 is 8.56 Å². The molecule has 0 bridgehead atoms. The summed E-state index contributed by atoms with van der Waals surface area (Å²) in [5, 5.41) is 0. The third-order valence-corrected chi connectivity index (χ3v) is 8.95. The molecule has 0 spiro atoms. The zero-order valence-corrected chi connectivity index (χ0v) is 13.4. The Labute approximate surface area is 114 Å². The molecule has 2 aliphatic carbocycles. The molecule has 106 valence electrons. The van der Waals surface area contributed by atoms with E-state index >= 15 is 0 Å². The van der Waals surface area contributed by atoms with Crippen molar-refractivity contribution in [2.24, 2.45) is 5.92 Å². The first kappa shape index (κ1) is 14.5. The molecule has 0 N–H and O–H groups in total. The number of rotatable bonds is 5. The van der Waals surface area contributed by atoms with Crippen molar-refractivity contribution in [3.63, 3.8) is 0 Å². The lowest BCUT2D eigenvalue weighted by molar-refractivity contribution is 0.0569. The summed E-state index contributed by atoms with van der Waals surface area (Å²) < 4.78 is 12.4. The zero-order chi connectivity index (χ0) is 13.0. The first-order valence-electron chi connectivity index (χ1n) is 7.88. The van der Waals surface area contributed by atoms with E-state index in [-0.39, 0.29) is 0 Å². The van der Waals surface area contributed by atoms with E-state index in [2.05, 4.69) is 13.5 Å². The highest BCUT2D eigenvalue weighted by Gasteiger charge is 2.43. The Kier molecular flexibility index (Phi) is 5.28. The van der Waals surface area contributed by atoms with Gasteiger partial charge in [-0.15, -0.1) is 0 Å². The smallest absolute Gasteiger partial charge is 0.338 e. The second kappa shape index (κ2) is 6.53. The van der Waals surface area contributed by atoms with Crippen molar-refractivity contribution in [1.29, 1.82) is 0 Å². The van der Waals surface area contributed by atoms with Crippen LogP contribution in [0.3, 0.4) is 0 Å². The van der Waals surface area contributed by atoms with E-state index < -0.39 is 8.56 Å². The Morgan fingerprint density at radius 2 is 1.56 bits per heavy atom. The molecule has 2 saturated carbocycles. The van der Waals surface area contributed by atoms with Gasteiger partial charge in [-0.05, 0) is 45.1 Å². The fourth-order valence-corrected chi connectivity index (χ4v) is 6.50. The van der Waals surface area contributed by atoms with Crippen LogP contribution >= 0.6 is 0 Å².